The second-order valence-corrected chi connectivity index (χ2v) is 7.59. The van der Waals surface area contributed by atoms with Gasteiger partial charge in [0.2, 0.25) is 5.91 Å². The van der Waals surface area contributed by atoms with Gasteiger partial charge < -0.3 is 4.90 Å². The smallest absolute Gasteiger partial charge is 0.222 e. The zero-order valence-corrected chi connectivity index (χ0v) is 14.6. The lowest BCUT2D eigenvalue weighted by Crippen LogP contribution is -2.26. The van der Waals surface area contributed by atoms with Gasteiger partial charge in [0.15, 0.2) is 0 Å². The molecule has 0 saturated carbocycles. The average molecular weight is 349 g/mol. The van der Waals surface area contributed by atoms with Gasteiger partial charge in [-0.2, -0.15) is 11.3 Å². The van der Waals surface area contributed by atoms with Crippen LogP contribution in [-0.2, 0) is 17.8 Å². The summed E-state index contributed by atoms with van der Waals surface area (Å²) in [5.41, 5.74) is 2.19. The van der Waals surface area contributed by atoms with Crippen molar-refractivity contribution >= 4 is 39.9 Å². The molecular formula is C16H16N2OS3. The third-order valence-corrected chi connectivity index (χ3v) is 5.98. The monoisotopic (exact) mass is 348 g/mol. The number of carbonyl (C=O) groups is 1. The molecule has 0 radical (unpaired) electrons. The summed E-state index contributed by atoms with van der Waals surface area (Å²) in [4.78, 5) is 19.8. The Kier molecular flexibility index (Phi) is 5.02. The number of hydrogen-bond donors (Lipinski definition) is 0. The van der Waals surface area contributed by atoms with Crippen molar-refractivity contribution in [3.05, 3.63) is 51.0 Å². The molecule has 3 rings (SSSR count). The minimum atomic E-state index is 0.164. The molecule has 0 unspecified atom stereocenters. The summed E-state index contributed by atoms with van der Waals surface area (Å²) in [5.74, 6) is 0.164. The number of thiophene rings is 2. The van der Waals surface area contributed by atoms with Gasteiger partial charge in [0, 0.05) is 18.8 Å². The van der Waals surface area contributed by atoms with Crippen LogP contribution in [-0.4, -0.2) is 22.8 Å². The van der Waals surface area contributed by atoms with Gasteiger partial charge in [-0.3, -0.25) is 4.79 Å². The molecule has 3 aromatic heterocycles. The van der Waals surface area contributed by atoms with Crippen LogP contribution in [0.1, 0.15) is 17.7 Å². The van der Waals surface area contributed by atoms with E-state index in [-0.39, 0.29) is 5.91 Å². The van der Waals surface area contributed by atoms with Gasteiger partial charge in [0.05, 0.1) is 17.1 Å². The topological polar surface area (TPSA) is 33.2 Å². The minimum absolute atomic E-state index is 0.164. The van der Waals surface area contributed by atoms with Gasteiger partial charge >= 0.3 is 0 Å². The predicted octanol–water partition coefficient (Wildman–Crippen LogP) is 4.52. The number of thiazole rings is 1. The van der Waals surface area contributed by atoms with Crippen molar-refractivity contribution in [3.8, 4) is 9.88 Å². The largest absolute Gasteiger partial charge is 0.340 e. The Bertz CT molecular complexity index is 717. The van der Waals surface area contributed by atoms with E-state index in [9.17, 15) is 4.79 Å². The average Bonchev–Trinajstić information content (AvgIpc) is 3.25. The van der Waals surface area contributed by atoms with Crippen LogP contribution in [0.15, 0.2) is 39.7 Å². The van der Waals surface area contributed by atoms with Gasteiger partial charge in [-0.1, -0.05) is 6.07 Å². The normalized spacial score (nSPS) is 10.8. The van der Waals surface area contributed by atoms with Crippen molar-refractivity contribution in [2.75, 3.05) is 7.05 Å². The molecule has 0 atom stereocenters. The molecule has 3 nitrogen and oxygen atoms in total. The molecule has 0 N–H and O–H groups in total. The van der Waals surface area contributed by atoms with Crippen LogP contribution in [0.4, 0.5) is 0 Å². The van der Waals surface area contributed by atoms with E-state index in [1.165, 1.54) is 10.4 Å². The number of aromatic nitrogens is 1. The Hall–Kier alpha value is -1.50. The van der Waals surface area contributed by atoms with E-state index in [1.54, 1.807) is 38.9 Å². The molecule has 0 bridgehead atoms. The van der Waals surface area contributed by atoms with Crippen molar-refractivity contribution in [1.29, 1.82) is 0 Å². The maximum Gasteiger partial charge on any atom is 0.222 e. The third-order valence-electron chi connectivity index (χ3n) is 3.32. The Morgan fingerprint density at radius 2 is 2.14 bits per heavy atom. The highest BCUT2D eigenvalue weighted by Crippen LogP contribution is 2.28. The Balaban J connectivity index is 1.54. The van der Waals surface area contributed by atoms with Crippen LogP contribution < -0.4 is 0 Å². The van der Waals surface area contributed by atoms with E-state index < -0.39 is 0 Å². The van der Waals surface area contributed by atoms with E-state index in [4.69, 9.17) is 0 Å². The lowest BCUT2D eigenvalue weighted by Gasteiger charge is -2.15. The zero-order chi connectivity index (χ0) is 15.4. The number of amides is 1. The predicted molar refractivity (Wildman–Crippen MR) is 94.5 cm³/mol. The van der Waals surface area contributed by atoms with Crippen LogP contribution in [0.25, 0.3) is 9.88 Å². The first-order valence-corrected chi connectivity index (χ1v) is 9.66. The first-order valence-electron chi connectivity index (χ1n) is 6.95. The first-order chi connectivity index (χ1) is 10.7. The van der Waals surface area contributed by atoms with Gasteiger partial charge in [0.1, 0.15) is 5.01 Å². The summed E-state index contributed by atoms with van der Waals surface area (Å²) in [5, 5.41) is 9.27. The Morgan fingerprint density at radius 1 is 1.23 bits per heavy atom. The van der Waals surface area contributed by atoms with Gasteiger partial charge in [0.25, 0.3) is 0 Å². The Morgan fingerprint density at radius 3 is 2.86 bits per heavy atom. The van der Waals surface area contributed by atoms with Crippen molar-refractivity contribution in [3.63, 3.8) is 0 Å². The fourth-order valence-corrected chi connectivity index (χ4v) is 4.43. The lowest BCUT2D eigenvalue weighted by molar-refractivity contribution is -0.130. The van der Waals surface area contributed by atoms with E-state index in [0.29, 0.717) is 13.0 Å². The second kappa shape index (κ2) is 7.17. The molecule has 0 aliphatic heterocycles. The summed E-state index contributed by atoms with van der Waals surface area (Å²) >= 11 is 5.00. The molecule has 3 heterocycles. The van der Waals surface area contributed by atoms with Gasteiger partial charge in [-0.15, -0.1) is 22.7 Å². The van der Waals surface area contributed by atoms with Crippen LogP contribution in [0.5, 0.6) is 0 Å². The van der Waals surface area contributed by atoms with Crippen molar-refractivity contribution in [2.24, 2.45) is 0 Å². The molecule has 3 aromatic rings. The van der Waals surface area contributed by atoms with Gasteiger partial charge in [-0.25, -0.2) is 4.98 Å². The van der Waals surface area contributed by atoms with Crippen LogP contribution in [0.2, 0.25) is 0 Å². The summed E-state index contributed by atoms with van der Waals surface area (Å²) in [7, 11) is 1.85. The minimum Gasteiger partial charge on any atom is -0.340 e. The zero-order valence-electron chi connectivity index (χ0n) is 12.2. The molecule has 114 valence electrons. The number of hydrogen-bond acceptors (Lipinski definition) is 5. The second-order valence-electron chi connectivity index (χ2n) is 5.00. The highest BCUT2D eigenvalue weighted by atomic mass is 32.1. The lowest BCUT2D eigenvalue weighted by atomic mass is 10.2. The van der Waals surface area contributed by atoms with E-state index in [2.05, 4.69) is 27.9 Å². The molecule has 0 aliphatic carbocycles. The molecular weight excluding hydrogens is 332 g/mol. The molecule has 1 amide bonds. The van der Waals surface area contributed by atoms with Crippen molar-refractivity contribution in [2.45, 2.75) is 19.4 Å². The molecule has 0 spiro atoms. The van der Waals surface area contributed by atoms with Crippen LogP contribution >= 0.6 is 34.0 Å². The van der Waals surface area contributed by atoms with E-state index in [0.717, 1.165) is 17.1 Å². The summed E-state index contributed by atoms with van der Waals surface area (Å²) in [6.45, 7) is 0.574. The van der Waals surface area contributed by atoms with Crippen molar-refractivity contribution in [1.82, 2.24) is 9.88 Å². The molecule has 0 aromatic carbocycles. The van der Waals surface area contributed by atoms with Crippen LogP contribution in [0, 0.1) is 0 Å². The molecule has 0 fully saturated rings. The summed E-state index contributed by atoms with van der Waals surface area (Å²) in [6.07, 6.45) is 1.36. The van der Waals surface area contributed by atoms with Crippen molar-refractivity contribution < 1.29 is 4.79 Å². The fraction of sp³-hybridized carbons (Fsp3) is 0.250. The third kappa shape index (κ3) is 3.82. The quantitative estimate of drug-likeness (QED) is 0.656. The number of carbonyl (C=O) groups excluding carboxylic acids is 1. The molecule has 6 heteroatoms. The fourth-order valence-electron chi connectivity index (χ4n) is 2.10. The first kappa shape index (κ1) is 15.4. The number of aryl methyl sites for hydroxylation is 1. The van der Waals surface area contributed by atoms with E-state index in [1.807, 2.05) is 23.9 Å². The Labute approximate surface area is 141 Å². The van der Waals surface area contributed by atoms with Crippen LogP contribution in [0.3, 0.4) is 0 Å². The molecule has 0 saturated heterocycles. The maximum atomic E-state index is 12.2. The standard InChI is InChI=1S/C16H16N2OS3/c1-18(15(19)5-4-12-6-8-20-10-12)9-13-11-22-16(17-13)14-3-2-7-21-14/h2-3,6-8,10-11H,4-5,9H2,1H3. The SMILES string of the molecule is CN(Cc1csc(-c2cccs2)n1)C(=O)CCc1ccsc1. The molecule has 22 heavy (non-hydrogen) atoms. The number of rotatable bonds is 6. The highest BCUT2D eigenvalue weighted by molar-refractivity contribution is 7.20. The van der Waals surface area contributed by atoms with Gasteiger partial charge in [-0.05, 0) is 40.3 Å². The summed E-state index contributed by atoms with van der Waals surface area (Å²) in [6, 6.07) is 6.18. The summed E-state index contributed by atoms with van der Waals surface area (Å²) < 4.78 is 0. The van der Waals surface area contributed by atoms with E-state index >= 15 is 0 Å². The molecule has 0 aliphatic rings. The maximum absolute atomic E-state index is 12.2. The highest BCUT2D eigenvalue weighted by Gasteiger charge is 2.12. The number of nitrogens with zero attached hydrogens (tertiary/aromatic N) is 2.